The van der Waals surface area contributed by atoms with E-state index in [2.05, 4.69) is 25.2 Å². The molecular weight excluding hydrogens is 356 g/mol. The summed E-state index contributed by atoms with van der Waals surface area (Å²) in [6, 6.07) is 0. The molecule has 1 N–H and O–H groups in total. The number of carbonyl (C=O) groups is 2. The lowest BCUT2D eigenvalue weighted by Gasteiger charge is -2.42. The molecule has 5 heteroatoms. The fourth-order valence-electron chi connectivity index (χ4n) is 4.80. The Labute approximate surface area is 168 Å². The maximum atomic E-state index is 12.4. The highest BCUT2D eigenvalue weighted by Crippen LogP contribution is 2.44. The zero-order valence-electron chi connectivity index (χ0n) is 17.3. The third-order valence-corrected chi connectivity index (χ3v) is 6.69. The highest BCUT2D eigenvalue weighted by atomic mass is 16.5. The van der Waals surface area contributed by atoms with Gasteiger partial charge >= 0.3 is 11.9 Å². The van der Waals surface area contributed by atoms with Crippen LogP contribution >= 0.6 is 0 Å². The van der Waals surface area contributed by atoms with E-state index >= 15 is 0 Å². The first kappa shape index (κ1) is 21.1. The topological polar surface area (TPSA) is 72.8 Å². The average molecular weight is 391 g/mol. The van der Waals surface area contributed by atoms with Crippen molar-refractivity contribution in [2.75, 3.05) is 0 Å². The second-order valence-electron chi connectivity index (χ2n) is 8.76. The molecule has 0 aromatic rings. The molecule has 0 radical (unpaired) electrons. The predicted molar refractivity (Wildman–Crippen MR) is 106 cm³/mol. The van der Waals surface area contributed by atoms with Crippen molar-refractivity contribution in [3.63, 3.8) is 0 Å². The molecule has 0 unspecified atom stereocenters. The third kappa shape index (κ3) is 4.86. The summed E-state index contributed by atoms with van der Waals surface area (Å²) in [5.74, 6) is 0.426. The molecule has 0 aromatic heterocycles. The summed E-state index contributed by atoms with van der Waals surface area (Å²) in [5.41, 5.74) is 1.27. The van der Waals surface area contributed by atoms with Crippen molar-refractivity contribution in [1.82, 2.24) is 0 Å². The molecule has 2 aliphatic carbocycles. The van der Waals surface area contributed by atoms with E-state index in [1.54, 1.807) is 0 Å². The molecule has 156 valence electrons. The van der Waals surface area contributed by atoms with Crippen molar-refractivity contribution in [3.05, 3.63) is 23.8 Å². The maximum Gasteiger partial charge on any atom is 0.308 e. The van der Waals surface area contributed by atoms with E-state index in [4.69, 9.17) is 9.47 Å². The SMILES string of the molecule is CC[C@H](C)C(=O)O[C@@H]1CCC=C2C=C[C@H](C)[C@H](CC[C@@H]3C[C@@H](O)CC(=O)O3)[C@H]21. The van der Waals surface area contributed by atoms with Gasteiger partial charge in [0.1, 0.15) is 12.2 Å². The minimum atomic E-state index is -0.593. The van der Waals surface area contributed by atoms with Crippen LogP contribution in [0, 0.1) is 23.7 Å². The molecule has 7 atom stereocenters. The van der Waals surface area contributed by atoms with Crippen LogP contribution in [0.15, 0.2) is 23.8 Å². The van der Waals surface area contributed by atoms with Crippen LogP contribution in [0.25, 0.3) is 0 Å². The van der Waals surface area contributed by atoms with Crippen LogP contribution in [0.5, 0.6) is 0 Å². The number of aliphatic hydroxyl groups excluding tert-OH is 1. The molecule has 1 saturated heterocycles. The number of aliphatic hydroxyl groups is 1. The fourth-order valence-corrected chi connectivity index (χ4v) is 4.80. The van der Waals surface area contributed by atoms with Gasteiger partial charge in [-0.05, 0) is 49.5 Å². The Morgan fingerprint density at radius 2 is 2.18 bits per heavy atom. The Morgan fingerprint density at radius 1 is 1.39 bits per heavy atom. The van der Waals surface area contributed by atoms with Gasteiger partial charge in [-0.1, -0.05) is 39.0 Å². The van der Waals surface area contributed by atoms with E-state index in [0.717, 1.165) is 32.1 Å². The van der Waals surface area contributed by atoms with Crippen molar-refractivity contribution >= 4 is 11.9 Å². The normalized spacial score (nSPS) is 36.1. The van der Waals surface area contributed by atoms with E-state index in [-0.39, 0.29) is 42.4 Å². The van der Waals surface area contributed by atoms with Gasteiger partial charge in [-0.2, -0.15) is 0 Å². The zero-order chi connectivity index (χ0) is 20.3. The van der Waals surface area contributed by atoms with Crippen molar-refractivity contribution in [2.45, 2.75) is 84.0 Å². The zero-order valence-corrected chi connectivity index (χ0v) is 17.3. The Balaban J connectivity index is 1.70. The van der Waals surface area contributed by atoms with Crippen molar-refractivity contribution in [2.24, 2.45) is 23.7 Å². The molecule has 0 spiro atoms. The van der Waals surface area contributed by atoms with Gasteiger partial charge in [0.15, 0.2) is 0 Å². The molecule has 1 heterocycles. The first-order valence-electron chi connectivity index (χ1n) is 10.8. The van der Waals surface area contributed by atoms with Crippen LogP contribution in [-0.2, 0) is 19.1 Å². The highest BCUT2D eigenvalue weighted by molar-refractivity contribution is 5.72. The van der Waals surface area contributed by atoms with Crippen LogP contribution in [0.3, 0.4) is 0 Å². The summed E-state index contributed by atoms with van der Waals surface area (Å²) in [5, 5.41) is 9.86. The van der Waals surface area contributed by atoms with Crippen molar-refractivity contribution in [3.8, 4) is 0 Å². The van der Waals surface area contributed by atoms with Gasteiger partial charge in [-0.3, -0.25) is 9.59 Å². The predicted octanol–water partition coefficient (Wildman–Crippen LogP) is 3.95. The Kier molecular flexibility index (Phi) is 6.97. The lowest BCUT2D eigenvalue weighted by atomic mass is 9.66. The molecular formula is C23H34O5. The minimum Gasteiger partial charge on any atom is -0.462 e. The first-order chi connectivity index (χ1) is 13.4. The molecule has 0 aromatic carbocycles. The molecule has 28 heavy (non-hydrogen) atoms. The Hall–Kier alpha value is -1.62. The number of ether oxygens (including phenoxy) is 2. The van der Waals surface area contributed by atoms with Crippen molar-refractivity contribution < 1.29 is 24.2 Å². The highest BCUT2D eigenvalue weighted by Gasteiger charge is 2.40. The Morgan fingerprint density at radius 3 is 2.89 bits per heavy atom. The van der Waals surface area contributed by atoms with E-state index in [0.29, 0.717) is 18.3 Å². The quantitative estimate of drug-likeness (QED) is 0.695. The van der Waals surface area contributed by atoms with Gasteiger partial charge in [0.05, 0.1) is 18.4 Å². The number of hydrogen-bond donors (Lipinski definition) is 1. The largest absolute Gasteiger partial charge is 0.462 e. The van der Waals surface area contributed by atoms with Crippen LogP contribution in [0.1, 0.15) is 65.7 Å². The van der Waals surface area contributed by atoms with Crippen LogP contribution in [0.2, 0.25) is 0 Å². The third-order valence-electron chi connectivity index (χ3n) is 6.69. The summed E-state index contributed by atoms with van der Waals surface area (Å²) < 4.78 is 11.4. The molecule has 0 amide bonds. The van der Waals surface area contributed by atoms with E-state index in [1.165, 1.54) is 5.57 Å². The summed E-state index contributed by atoms with van der Waals surface area (Å²) >= 11 is 0. The fraction of sp³-hybridized carbons (Fsp3) is 0.739. The van der Waals surface area contributed by atoms with Crippen LogP contribution in [0.4, 0.5) is 0 Å². The van der Waals surface area contributed by atoms with Gasteiger partial charge in [0, 0.05) is 12.3 Å². The first-order valence-corrected chi connectivity index (χ1v) is 10.8. The number of esters is 2. The molecule has 0 saturated carbocycles. The monoisotopic (exact) mass is 390 g/mol. The second kappa shape index (κ2) is 9.25. The van der Waals surface area contributed by atoms with Gasteiger partial charge in [-0.15, -0.1) is 0 Å². The number of cyclic esters (lactones) is 1. The molecule has 3 rings (SSSR count). The van der Waals surface area contributed by atoms with Gasteiger partial charge in [0.2, 0.25) is 0 Å². The lowest BCUT2D eigenvalue weighted by Crippen LogP contribution is -2.40. The molecule has 5 nitrogen and oxygen atoms in total. The summed E-state index contributed by atoms with van der Waals surface area (Å²) in [4.78, 5) is 24.1. The number of rotatable bonds is 6. The maximum absolute atomic E-state index is 12.4. The molecule has 1 fully saturated rings. The van der Waals surface area contributed by atoms with Gasteiger partial charge < -0.3 is 14.6 Å². The summed E-state index contributed by atoms with van der Waals surface area (Å²) in [6.45, 7) is 6.14. The number of allylic oxidation sites excluding steroid dienone is 3. The molecule has 3 aliphatic rings. The lowest BCUT2D eigenvalue weighted by molar-refractivity contribution is -0.162. The van der Waals surface area contributed by atoms with E-state index < -0.39 is 6.10 Å². The summed E-state index contributed by atoms with van der Waals surface area (Å²) in [6.07, 6.45) is 10.6. The van der Waals surface area contributed by atoms with Crippen LogP contribution in [-0.4, -0.2) is 35.4 Å². The second-order valence-corrected chi connectivity index (χ2v) is 8.76. The van der Waals surface area contributed by atoms with Crippen LogP contribution < -0.4 is 0 Å². The van der Waals surface area contributed by atoms with E-state index in [9.17, 15) is 14.7 Å². The standard InChI is InChI=1S/C23H34O5/c1-4-14(2)23(26)28-20-7-5-6-16-9-8-15(3)19(22(16)20)11-10-18-12-17(24)13-21(25)27-18/h6,8-9,14-15,17-20,22,24H,4-5,7,10-13H2,1-3H3/t14-,15-,17+,18+,19-,20+,22-/m0/s1. The Bertz CT molecular complexity index is 637. The number of carbonyl (C=O) groups excluding carboxylic acids is 2. The summed E-state index contributed by atoms with van der Waals surface area (Å²) in [7, 11) is 0. The number of fused-ring (bicyclic) bond motifs is 1. The molecule has 0 bridgehead atoms. The molecule has 1 aliphatic heterocycles. The minimum absolute atomic E-state index is 0.0764. The smallest absolute Gasteiger partial charge is 0.308 e. The van der Waals surface area contributed by atoms with Crippen molar-refractivity contribution in [1.29, 1.82) is 0 Å². The van der Waals surface area contributed by atoms with E-state index in [1.807, 2.05) is 13.8 Å². The van der Waals surface area contributed by atoms with Gasteiger partial charge in [-0.25, -0.2) is 0 Å². The number of hydrogen-bond acceptors (Lipinski definition) is 5. The average Bonchev–Trinajstić information content (AvgIpc) is 2.66. The van der Waals surface area contributed by atoms with Gasteiger partial charge in [0.25, 0.3) is 0 Å².